The first-order valence-electron chi connectivity index (χ1n) is 43.7. The van der Waals surface area contributed by atoms with Crippen LogP contribution in [0.2, 0.25) is 5.15 Å². The van der Waals surface area contributed by atoms with Crippen LogP contribution in [0.3, 0.4) is 0 Å². The first-order valence-corrected chi connectivity index (χ1v) is 45.3. The van der Waals surface area contributed by atoms with Crippen molar-refractivity contribution in [3.63, 3.8) is 0 Å². The van der Waals surface area contributed by atoms with Gasteiger partial charge in [0.1, 0.15) is 45.2 Å². The molecule has 0 aliphatic rings. The number of rotatable bonds is 27. The van der Waals surface area contributed by atoms with E-state index in [2.05, 4.69) is 117 Å². The Labute approximate surface area is 816 Å². The van der Waals surface area contributed by atoms with Crippen LogP contribution in [-0.2, 0) is 17.4 Å². The van der Waals surface area contributed by atoms with E-state index in [0.29, 0.717) is 99.3 Å². The van der Waals surface area contributed by atoms with Gasteiger partial charge in [0.25, 0.3) is 0 Å². The predicted molar refractivity (Wildman–Crippen MR) is 542 cm³/mol. The number of anilines is 10. The maximum atomic E-state index is 12.6. The molecule has 6 N–H and O–H groups in total. The minimum atomic E-state index is -4.36. The zero-order valence-corrected chi connectivity index (χ0v) is 79.8. The number of hydrogen-bond acceptors (Lipinski definition) is 28. The van der Waals surface area contributed by atoms with E-state index in [4.69, 9.17) is 59.5 Å². The van der Waals surface area contributed by atoms with Crippen LogP contribution in [0, 0.1) is 13.8 Å². The van der Waals surface area contributed by atoms with Crippen LogP contribution in [0.15, 0.2) is 298 Å². The molecule has 0 radical (unpaired) electrons. The Hall–Kier alpha value is -17.6. The van der Waals surface area contributed by atoms with E-state index in [-0.39, 0.29) is 11.9 Å². The zero-order chi connectivity index (χ0) is 98.6. The molecule has 0 saturated heterocycles. The van der Waals surface area contributed by atoms with Crippen molar-refractivity contribution in [2.24, 2.45) is 0 Å². The number of pyridine rings is 3. The summed E-state index contributed by atoms with van der Waals surface area (Å²) in [6, 6.07) is 64.6. The number of benzene rings is 7. The standard InChI is InChI=1S/C24H25N5O4.C22H22N4O3S.C20H19N5O.C19H16ClN5O.C18H12F3N5/c1-25-21(30)11-15-6-5-7-18(10-15)29-9-8-16-14-26-24(28-23(16)29)27-17-12-19(31-2)22(33-4)20(13-17)32-3;1-27-18-11-15(12-19(28-2)20(18)29-3)24-22-23-13-14-9-10-26(21(14)25-22)16-5-7-17(30-4)8-6-16;1-3-26-16-8-7-14(2)17(12-16)23-20-22-13-15-9-11-25(19(15)24-20)18-6-4-5-10-21-18;1-12-3-4-15(26-2)10-16(12)23-19-22-11-13-6-8-25(18(13)24-19)14-5-7-21-17(20)9-14;19-18(20,21)13-4-6-14(7-5-13)24-17-23-11-12-8-10-26(16(12)25-17)15-3-1-2-9-22-15/h5-10,12-14H,11H2,1-4H3,(H,25,30)(H,26,27,28);5-13H,1-4H3,(H,23,24,25);4-13H,3H2,1-2H3,(H,22,23,24);3-11H,1-2H3,(H,22,23,24);1-11H,(H,23,24,25). The Bertz CT molecular complexity index is 7720. The zero-order valence-electron chi connectivity index (χ0n) is 78.3. The molecular weight excluding hydrogens is 1840 g/mol. The number of carbonyl (C=O) groups is 1. The number of methoxy groups -OCH3 is 7. The third-order valence-corrected chi connectivity index (χ3v) is 22.8. The SMILES string of the molecule is CCOc1ccc(C)c(Nc2ncc3ccn(-c4ccccn4)c3n2)c1.CNC(=O)Cc1cccc(-n2ccc3cnc(Nc4cc(OC)c(OC)c(OC)c4)nc32)c1.COc1cc(Nc2ncc3ccn(-c4ccc(SC)cc4)c3n2)cc(OC)c1OC.COc1ccc(C)c(Nc2ncc3ccn(-c4ccnc(Cl)c4)c3n2)c1.FC(F)(F)c1ccc(Nc2ncc3ccn(-c4ccccn4)c3n2)cc1. The maximum absolute atomic E-state index is 12.6. The van der Waals surface area contributed by atoms with Crippen LogP contribution in [0.4, 0.5) is 71.3 Å². The lowest BCUT2D eigenvalue weighted by atomic mass is 10.1. The van der Waals surface area contributed by atoms with Gasteiger partial charge < -0.3 is 83.5 Å². The minimum Gasteiger partial charge on any atom is -0.497 e. The van der Waals surface area contributed by atoms with Gasteiger partial charge >= 0.3 is 6.18 Å². The van der Waals surface area contributed by atoms with Gasteiger partial charge in [-0.1, -0.05) is 48.0 Å². The highest BCUT2D eigenvalue weighted by Crippen LogP contribution is 2.43. The third-order valence-electron chi connectivity index (χ3n) is 21.9. The van der Waals surface area contributed by atoms with Gasteiger partial charge in [0.2, 0.25) is 47.1 Å². The molecule has 1 amide bonds. The number of likely N-dealkylation sites (N-methyl/N-ethyl adjacent to an activating group) is 1. The predicted octanol–water partition coefficient (Wildman–Crippen LogP) is 21.8. The van der Waals surface area contributed by atoms with E-state index in [1.807, 2.05) is 226 Å². The Balaban J connectivity index is 0.000000127. The molecule has 20 aromatic rings. The molecule has 0 spiro atoms. The molecule has 7 aromatic carbocycles. The van der Waals surface area contributed by atoms with Gasteiger partial charge in [0.05, 0.1) is 74.0 Å². The number of alkyl halides is 3. The summed E-state index contributed by atoms with van der Waals surface area (Å²) < 4.78 is 90.9. The molecule has 0 bridgehead atoms. The molecule has 20 rings (SSSR count). The van der Waals surface area contributed by atoms with Crippen molar-refractivity contribution in [3.05, 3.63) is 320 Å². The second kappa shape index (κ2) is 44.5. The summed E-state index contributed by atoms with van der Waals surface area (Å²) in [7, 11) is 12.7. The normalized spacial score (nSPS) is 11.0. The average Bonchev–Trinajstić information content (AvgIpc) is 1.71. The smallest absolute Gasteiger partial charge is 0.416 e. The van der Waals surface area contributed by atoms with Gasteiger partial charge in [-0.3, -0.25) is 13.9 Å². The average molecular weight is 1940 g/mol. The number of halogens is 4. The van der Waals surface area contributed by atoms with Crippen LogP contribution in [0.1, 0.15) is 29.2 Å². The molecule has 0 aliphatic carbocycles. The minimum absolute atomic E-state index is 0.0383. The summed E-state index contributed by atoms with van der Waals surface area (Å²) >= 11 is 7.73. The summed E-state index contributed by atoms with van der Waals surface area (Å²) in [5.41, 5.74) is 12.7. The van der Waals surface area contributed by atoms with E-state index < -0.39 is 11.7 Å². The molecule has 13 heterocycles. The van der Waals surface area contributed by atoms with E-state index in [1.54, 1.807) is 130 Å². The largest absolute Gasteiger partial charge is 0.497 e. The number of thioether (sulfide) groups is 1. The fourth-order valence-corrected chi connectivity index (χ4v) is 15.4. The maximum Gasteiger partial charge on any atom is 0.416 e. The van der Waals surface area contributed by atoms with Gasteiger partial charge in [-0.25, -0.2) is 39.9 Å². The number of carbonyl (C=O) groups excluding carboxylic acids is 1. The van der Waals surface area contributed by atoms with Gasteiger partial charge in [0.15, 0.2) is 34.3 Å². The Morgan fingerprint density at radius 1 is 0.390 bits per heavy atom. The van der Waals surface area contributed by atoms with Crippen LogP contribution in [0.5, 0.6) is 46.0 Å². The van der Waals surface area contributed by atoms with E-state index in [9.17, 15) is 18.0 Å². The summed E-state index contributed by atoms with van der Waals surface area (Å²) in [5.74, 6) is 8.49. The molecule has 0 saturated carbocycles. The van der Waals surface area contributed by atoms with Gasteiger partial charge in [-0.05, 0) is 183 Å². The number of nitrogens with zero attached hydrogens (tertiary/aromatic N) is 18. The Kier molecular flexibility index (Phi) is 30.4. The van der Waals surface area contributed by atoms with Crippen molar-refractivity contribution in [2.45, 2.75) is 38.3 Å². The lowest BCUT2D eigenvalue weighted by Crippen LogP contribution is -2.19. The van der Waals surface area contributed by atoms with Gasteiger partial charge in [-0.15, -0.1) is 11.8 Å². The Morgan fingerprint density at radius 2 is 0.801 bits per heavy atom. The second-order valence-electron chi connectivity index (χ2n) is 30.8. The second-order valence-corrected chi connectivity index (χ2v) is 32.1. The molecule has 33 nitrogen and oxygen atoms in total. The highest BCUT2D eigenvalue weighted by atomic mass is 35.5. The summed E-state index contributed by atoms with van der Waals surface area (Å²) in [5, 5.41) is 23.6. The van der Waals surface area contributed by atoms with Gasteiger partial charge in [-0.2, -0.15) is 38.1 Å². The molecule has 714 valence electrons. The number of ether oxygens (including phenoxy) is 8. The van der Waals surface area contributed by atoms with Crippen molar-refractivity contribution >= 4 is 143 Å². The lowest BCUT2D eigenvalue weighted by molar-refractivity contribution is -0.137. The first kappa shape index (κ1) is 96.5. The molecular formula is C103H94ClF3N24O9S. The summed E-state index contributed by atoms with van der Waals surface area (Å²) in [6.45, 7) is 6.65. The van der Waals surface area contributed by atoms with Crippen LogP contribution in [0.25, 0.3) is 83.9 Å². The van der Waals surface area contributed by atoms with E-state index in [0.717, 1.165) is 130 Å². The molecule has 38 heteroatoms. The fraction of sp³-hybridized carbons (Fsp3) is 0.146. The monoisotopic (exact) mass is 1930 g/mol. The van der Waals surface area contributed by atoms with Crippen molar-refractivity contribution in [1.82, 2.24) is 92.9 Å². The lowest BCUT2D eigenvalue weighted by Gasteiger charge is -2.14. The number of aromatic nitrogens is 18. The first-order chi connectivity index (χ1) is 68.6. The number of aryl methyl sites for hydroxylation is 2. The molecule has 0 aliphatic heterocycles. The van der Waals surface area contributed by atoms with Crippen molar-refractivity contribution in [2.75, 3.05) is 96.3 Å². The van der Waals surface area contributed by atoms with Crippen molar-refractivity contribution < 1.29 is 55.9 Å². The molecule has 0 atom stereocenters. The van der Waals surface area contributed by atoms with E-state index >= 15 is 0 Å². The quantitative estimate of drug-likeness (QED) is 0.0206. The van der Waals surface area contributed by atoms with Crippen molar-refractivity contribution in [1.29, 1.82) is 0 Å². The number of amides is 1. The summed E-state index contributed by atoms with van der Waals surface area (Å²) in [4.78, 5) is 70.9. The highest BCUT2D eigenvalue weighted by molar-refractivity contribution is 7.98. The van der Waals surface area contributed by atoms with Crippen LogP contribution < -0.4 is 69.8 Å². The third kappa shape index (κ3) is 23.1. The van der Waals surface area contributed by atoms with Crippen LogP contribution in [-0.4, -0.2) is 163 Å². The molecule has 0 fully saturated rings. The van der Waals surface area contributed by atoms with Crippen LogP contribution >= 0.6 is 23.4 Å². The summed E-state index contributed by atoms with van der Waals surface area (Å²) in [6.07, 6.45) is 21.6. The highest BCUT2D eigenvalue weighted by Gasteiger charge is 2.30. The number of fused-ring (bicyclic) bond motifs is 5. The molecule has 0 unspecified atom stereocenters. The number of nitrogens with one attached hydrogen (secondary N) is 6. The van der Waals surface area contributed by atoms with Gasteiger partial charge in [0, 0.05) is 196 Å². The topological polar surface area (TPSA) is 355 Å². The molecule has 141 heavy (non-hydrogen) atoms. The Morgan fingerprint density at radius 3 is 1.20 bits per heavy atom. The van der Waals surface area contributed by atoms with E-state index in [1.165, 1.54) is 17.0 Å². The van der Waals surface area contributed by atoms with Crippen molar-refractivity contribution in [3.8, 4) is 74.7 Å². The fourth-order valence-electron chi connectivity index (χ4n) is 14.8. The molecule has 13 aromatic heterocycles. The number of hydrogen-bond donors (Lipinski definition) is 6.